The summed E-state index contributed by atoms with van der Waals surface area (Å²) in [5.74, 6) is -0.298. The van der Waals surface area contributed by atoms with E-state index in [1.807, 2.05) is 0 Å². The Morgan fingerprint density at radius 3 is 2.68 bits per heavy atom. The maximum absolute atomic E-state index is 11.8. The summed E-state index contributed by atoms with van der Waals surface area (Å²) >= 11 is 0. The van der Waals surface area contributed by atoms with Gasteiger partial charge in [0.2, 0.25) is 11.8 Å². The topological polar surface area (TPSA) is 93.5 Å². The van der Waals surface area contributed by atoms with Crippen molar-refractivity contribution in [2.24, 2.45) is 11.7 Å². The lowest BCUT2D eigenvalue weighted by Crippen LogP contribution is -2.42. The predicted octanol–water partition coefficient (Wildman–Crippen LogP) is -0.195. The van der Waals surface area contributed by atoms with E-state index in [1.165, 1.54) is 0 Å². The fourth-order valence-electron chi connectivity index (χ4n) is 2.13. The number of nitrogens with one attached hydrogen (secondary N) is 2. The van der Waals surface area contributed by atoms with Gasteiger partial charge in [0.05, 0.1) is 13.2 Å². The fourth-order valence-corrected chi connectivity index (χ4v) is 2.13. The van der Waals surface area contributed by atoms with Gasteiger partial charge in [0.25, 0.3) is 0 Å². The zero-order valence-corrected chi connectivity index (χ0v) is 12.1. The molecule has 0 aromatic rings. The molecule has 0 aliphatic heterocycles. The van der Waals surface area contributed by atoms with Crippen LogP contribution >= 0.6 is 12.4 Å². The van der Waals surface area contributed by atoms with Crippen LogP contribution in [0, 0.1) is 5.92 Å². The molecule has 0 radical (unpaired) electrons. The summed E-state index contributed by atoms with van der Waals surface area (Å²) in [5, 5.41) is 5.30. The quantitative estimate of drug-likeness (QED) is 0.592. The Labute approximate surface area is 120 Å². The first kappa shape index (κ1) is 18.1. The molecule has 7 heteroatoms. The van der Waals surface area contributed by atoms with E-state index in [0.717, 1.165) is 25.7 Å². The maximum atomic E-state index is 11.8. The molecular weight excluding hydrogens is 270 g/mol. The van der Waals surface area contributed by atoms with Crippen molar-refractivity contribution in [3.8, 4) is 0 Å². The summed E-state index contributed by atoms with van der Waals surface area (Å²) in [6.07, 6.45) is 3.56. The van der Waals surface area contributed by atoms with Crippen LogP contribution in [0.3, 0.4) is 0 Å². The highest BCUT2D eigenvalue weighted by atomic mass is 35.5. The van der Waals surface area contributed by atoms with E-state index in [1.54, 1.807) is 7.11 Å². The van der Waals surface area contributed by atoms with Gasteiger partial charge in [-0.1, -0.05) is 6.42 Å². The van der Waals surface area contributed by atoms with Crippen LogP contribution in [0.2, 0.25) is 0 Å². The van der Waals surface area contributed by atoms with Crippen molar-refractivity contribution in [2.45, 2.75) is 31.7 Å². The van der Waals surface area contributed by atoms with Crippen molar-refractivity contribution < 1.29 is 14.3 Å². The smallest absolute Gasteiger partial charge is 0.239 e. The van der Waals surface area contributed by atoms with Gasteiger partial charge in [0, 0.05) is 25.6 Å². The molecule has 1 saturated carbocycles. The molecule has 19 heavy (non-hydrogen) atoms. The molecule has 1 aliphatic carbocycles. The molecule has 1 fully saturated rings. The monoisotopic (exact) mass is 293 g/mol. The lowest BCUT2D eigenvalue weighted by atomic mass is 9.85. The van der Waals surface area contributed by atoms with Crippen LogP contribution in [0.25, 0.3) is 0 Å². The number of carbonyl (C=O) groups excluding carboxylic acids is 2. The molecular formula is C12H24ClN3O3. The Morgan fingerprint density at radius 1 is 1.32 bits per heavy atom. The largest absolute Gasteiger partial charge is 0.383 e. The highest BCUT2D eigenvalue weighted by Crippen LogP contribution is 2.22. The summed E-state index contributed by atoms with van der Waals surface area (Å²) in [6.45, 7) is 0.949. The molecule has 2 unspecified atom stereocenters. The summed E-state index contributed by atoms with van der Waals surface area (Å²) < 4.78 is 4.81. The molecule has 0 aromatic carbocycles. The number of hydrogen-bond donors (Lipinski definition) is 3. The zero-order valence-electron chi connectivity index (χ0n) is 11.3. The predicted molar refractivity (Wildman–Crippen MR) is 75.1 cm³/mol. The van der Waals surface area contributed by atoms with E-state index in [0.29, 0.717) is 13.2 Å². The second-order valence-corrected chi connectivity index (χ2v) is 4.68. The average molecular weight is 294 g/mol. The van der Waals surface area contributed by atoms with Gasteiger partial charge in [-0.15, -0.1) is 12.4 Å². The van der Waals surface area contributed by atoms with Crippen LogP contribution in [-0.2, 0) is 14.3 Å². The van der Waals surface area contributed by atoms with Crippen LogP contribution in [0.1, 0.15) is 25.7 Å². The van der Waals surface area contributed by atoms with Gasteiger partial charge >= 0.3 is 0 Å². The van der Waals surface area contributed by atoms with Crippen LogP contribution < -0.4 is 16.4 Å². The number of hydrogen-bond acceptors (Lipinski definition) is 4. The summed E-state index contributed by atoms with van der Waals surface area (Å²) in [4.78, 5) is 23.2. The van der Waals surface area contributed by atoms with Crippen molar-refractivity contribution in [1.29, 1.82) is 0 Å². The second kappa shape index (κ2) is 10.00. The van der Waals surface area contributed by atoms with Crippen LogP contribution in [0.5, 0.6) is 0 Å². The van der Waals surface area contributed by atoms with E-state index < -0.39 is 0 Å². The van der Waals surface area contributed by atoms with Crippen LogP contribution in [0.4, 0.5) is 0 Å². The number of rotatable bonds is 6. The standard InChI is InChI=1S/C12H23N3O3.ClH/c1-18-6-5-14-11(16)8-15-12(17)9-3-2-4-10(13)7-9;/h9-10H,2-8,13H2,1H3,(H,14,16)(H,15,17);1H. The molecule has 0 bridgehead atoms. The molecule has 112 valence electrons. The third kappa shape index (κ3) is 7.34. The lowest BCUT2D eigenvalue weighted by molar-refractivity contribution is -0.129. The molecule has 0 spiro atoms. The van der Waals surface area contributed by atoms with Crippen molar-refractivity contribution in [3.63, 3.8) is 0 Å². The van der Waals surface area contributed by atoms with Crippen molar-refractivity contribution in [2.75, 3.05) is 26.8 Å². The maximum Gasteiger partial charge on any atom is 0.239 e. The number of halogens is 1. The van der Waals surface area contributed by atoms with Crippen LogP contribution in [-0.4, -0.2) is 44.7 Å². The first-order valence-corrected chi connectivity index (χ1v) is 6.42. The minimum Gasteiger partial charge on any atom is -0.383 e. The highest BCUT2D eigenvalue weighted by Gasteiger charge is 2.25. The van der Waals surface area contributed by atoms with Gasteiger partial charge in [-0.25, -0.2) is 0 Å². The first-order chi connectivity index (χ1) is 8.63. The third-order valence-corrected chi connectivity index (χ3v) is 3.14. The third-order valence-electron chi connectivity index (χ3n) is 3.14. The van der Waals surface area contributed by atoms with Gasteiger partial charge < -0.3 is 21.1 Å². The minimum absolute atomic E-state index is 0. The Morgan fingerprint density at radius 2 is 2.05 bits per heavy atom. The molecule has 2 amide bonds. The van der Waals surface area contributed by atoms with E-state index >= 15 is 0 Å². The van der Waals surface area contributed by atoms with Crippen molar-refractivity contribution >= 4 is 24.2 Å². The van der Waals surface area contributed by atoms with Gasteiger partial charge in [-0.05, 0) is 19.3 Å². The molecule has 0 aromatic heterocycles. The zero-order chi connectivity index (χ0) is 13.4. The van der Waals surface area contributed by atoms with E-state index in [4.69, 9.17) is 10.5 Å². The minimum atomic E-state index is -0.194. The summed E-state index contributed by atoms with van der Waals surface area (Å²) in [6, 6.07) is 0.116. The molecule has 1 rings (SSSR count). The van der Waals surface area contributed by atoms with E-state index in [-0.39, 0.29) is 42.7 Å². The van der Waals surface area contributed by atoms with Gasteiger partial charge in [0.15, 0.2) is 0 Å². The fraction of sp³-hybridized carbons (Fsp3) is 0.833. The van der Waals surface area contributed by atoms with Crippen LogP contribution in [0.15, 0.2) is 0 Å². The Bertz CT molecular complexity index is 289. The van der Waals surface area contributed by atoms with Crippen molar-refractivity contribution in [3.05, 3.63) is 0 Å². The summed E-state index contributed by atoms with van der Waals surface area (Å²) in [7, 11) is 1.57. The normalized spacial score (nSPS) is 22.2. The Kier molecular flexibility index (Phi) is 9.55. The number of carbonyl (C=O) groups is 2. The molecule has 0 heterocycles. The SMILES string of the molecule is COCCNC(=O)CNC(=O)C1CCCC(N)C1.Cl. The Balaban J connectivity index is 0.00000324. The molecule has 6 nitrogen and oxygen atoms in total. The van der Waals surface area contributed by atoms with E-state index in [2.05, 4.69) is 10.6 Å². The first-order valence-electron chi connectivity index (χ1n) is 6.42. The molecule has 2 atom stereocenters. The number of methoxy groups -OCH3 is 1. The van der Waals surface area contributed by atoms with Gasteiger partial charge in [-0.2, -0.15) is 0 Å². The lowest BCUT2D eigenvalue weighted by Gasteiger charge is -2.25. The number of nitrogens with two attached hydrogens (primary N) is 1. The molecule has 0 saturated heterocycles. The van der Waals surface area contributed by atoms with Gasteiger partial charge in [0.1, 0.15) is 0 Å². The van der Waals surface area contributed by atoms with Gasteiger partial charge in [-0.3, -0.25) is 9.59 Å². The second-order valence-electron chi connectivity index (χ2n) is 4.68. The van der Waals surface area contributed by atoms with Crippen molar-refractivity contribution in [1.82, 2.24) is 10.6 Å². The average Bonchev–Trinajstić information content (AvgIpc) is 2.36. The number of amides is 2. The highest BCUT2D eigenvalue weighted by molar-refractivity contribution is 5.86. The van der Waals surface area contributed by atoms with E-state index in [9.17, 15) is 9.59 Å². The Hall–Kier alpha value is -0.850. The molecule has 4 N–H and O–H groups in total. The summed E-state index contributed by atoms with van der Waals surface area (Å²) in [5.41, 5.74) is 5.83. The number of ether oxygens (including phenoxy) is 1. The molecule has 1 aliphatic rings.